The summed E-state index contributed by atoms with van der Waals surface area (Å²) in [6, 6.07) is 18.6. The molecule has 1 saturated heterocycles. The molecule has 32 heavy (non-hydrogen) atoms. The van der Waals surface area contributed by atoms with Gasteiger partial charge in [0.1, 0.15) is 18.2 Å². The summed E-state index contributed by atoms with van der Waals surface area (Å²) < 4.78 is 6.12. The molecule has 1 aliphatic rings. The number of hydrogen-bond acceptors (Lipinski definition) is 6. The van der Waals surface area contributed by atoms with E-state index in [9.17, 15) is 9.90 Å². The third-order valence-electron chi connectivity index (χ3n) is 6.01. The molecule has 2 aromatic heterocycles. The lowest BCUT2D eigenvalue weighted by molar-refractivity contribution is 0.288. The summed E-state index contributed by atoms with van der Waals surface area (Å²) in [5.74, 6) is 1.79. The number of ether oxygens (including phenoxy) is 1. The van der Waals surface area contributed by atoms with Gasteiger partial charge in [-0.15, -0.1) is 0 Å². The van der Waals surface area contributed by atoms with Crippen molar-refractivity contribution in [2.75, 3.05) is 18.1 Å². The van der Waals surface area contributed by atoms with Gasteiger partial charge in [-0.25, -0.2) is 4.98 Å². The Morgan fingerprint density at radius 3 is 2.81 bits per heavy atom. The Morgan fingerprint density at radius 2 is 2.03 bits per heavy atom. The van der Waals surface area contributed by atoms with Crippen molar-refractivity contribution in [3.63, 3.8) is 0 Å². The van der Waals surface area contributed by atoms with Crippen molar-refractivity contribution in [2.24, 2.45) is 0 Å². The zero-order chi connectivity index (χ0) is 22.1. The van der Waals surface area contributed by atoms with Crippen LogP contribution in [-0.4, -0.2) is 34.3 Å². The maximum atomic E-state index is 11.4. The molecule has 1 fully saturated rings. The predicted molar refractivity (Wildman–Crippen MR) is 128 cm³/mol. The molecule has 0 radical (unpaired) electrons. The lowest BCUT2D eigenvalue weighted by Crippen LogP contribution is -2.34. The molecule has 0 spiro atoms. The Hall–Kier alpha value is -3.32. The molecule has 0 unspecified atom stereocenters. The summed E-state index contributed by atoms with van der Waals surface area (Å²) in [7, 11) is 0. The van der Waals surface area contributed by atoms with E-state index < -0.39 is 0 Å². The predicted octanol–water partition coefficient (Wildman–Crippen LogP) is 4.64. The van der Waals surface area contributed by atoms with Gasteiger partial charge in [0.05, 0.1) is 16.4 Å². The average molecular weight is 448 g/mol. The highest BCUT2D eigenvalue weighted by Gasteiger charge is 2.26. The Morgan fingerprint density at radius 1 is 1.22 bits per heavy atom. The molecule has 2 aromatic carbocycles. The number of thiazole rings is 1. The fourth-order valence-corrected chi connectivity index (χ4v) is 5.10. The minimum absolute atomic E-state index is 0.0424. The van der Waals surface area contributed by atoms with E-state index in [4.69, 9.17) is 9.72 Å². The van der Waals surface area contributed by atoms with Crippen molar-refractivity contribution >= 4 is 28.1 Å². The van der Waals surface area contributed by atoms with Gasteiger partial charge < -0.3 is 14.7 Å². The number of para-hydroxylation sites is 1. The minimum Gasteiger partial charge on any atom is -0.494 e. The fraction of sp³-hybridized carbons (Fsp3) is 0.280. The van der Waals surface area contributed by atoms with Gasteiger partial charge in [0, 0.05) is 18.4 Å². The quantitative estimate of drug-likeness (QED) is 0.450. The number of nitrogens with one attached hydrogen (secondary N) is 1. The van der Waals surface area contributed by atoms with Crippen molar-refractivity contribution in [3.8, 4) is 11.6 Å². The second-order valence-corrected chi connectivity index (χ2v) is 9.29. The first-order valence-corrected chi connectivity index (χ1v) is 11.6. The number of aromatic hydroxyl groups is 1. The number of fused-ring (bicyclic) bond motifs is 1. The second-order valence-electron chi connectivity index (χ2n) is 8.22. The van der Waals surface area contributed by atoms with Gasteiger partial charge in [-0.2, -0.15) is 0 Å². The number of anilines is 1. The first-order chi connectivity index (χ1) is 15.6. The van der Waals surface area contributed by atoms with Crippen LogP contribution in [0.25, 0.3) is 10.9 Å². The van der Waals surface area contributed by atoms with E-state index in [-0.39, 0.29) is 16.8 Å². The standard InChI is InChI=1S/C25H25N3O3S/c1-16-13-23(26-21-7-3-2-6-20(16)21)28-12-4-5-18(28)15-31-19-10-8-17(9-11-19)14-22-24(29)27-25(30)32-22/h2-3,6-11,13,18,29H,4-5,12,14-15H2,1H3,(H,27,30)/t18-/m1/s1. The largest absolute Gasteiger partial charge is 0.494 e. The van der Waals surface area contributed by atoms with Gasteiger partial charge in [0.2, 0.25) is 5.88 Å². The summed E-state index contributed by atoms with van der Waals surface area (Å²) in [5, 5.41) is 11.0. The third-order valence-corrected chi connectivity index (χ3v) is 6.88. The van der Waals surface area contributed by atoms with E-state index >= 15 is 0 Å². The van der Waals surface area contributed by atoms with Gasteiger partial charge in [-0.1, -0.05) is 41.7 Å². The average Bonchev–Trinajstić information content (AvgIpc) is 3.39. The van der Waals surface area contributed by atoms with Crippen LogP contribution < -0.4 is 14.5 Å². The normalized spacial score (nSPS) is 16.0. The lowest BCUT2D eigenvalue weighted by Gasteiger charge is -2.26. The van der Waals surface area contributed by atoms with Crippen molar-refractivity contribution in [1.82, 2.24) is 9.97 Å². The van der Waals surface area contributed by atoms with E-state index in [1.165, 1.54) is 10.9 Å². The molecule has 2 N–H and O–H groups in total. The van der Waals surface area contributed by atoms with Crippen LogP contribution in [0.1, 0.15) is 28.8 Å². The summed E-state index contributed by atoms with van der Waals surface area (Å²) in [5.41, 5.74) is 3.29. The number of aromatic nitrogens is 2. The summed E-state index contributed by atoms with van der Waals surface area (Å²) in [6.07, 6.45) is 2.72. The molecule has 1 aliphatic heterocycles. The molecule has 0 amide bonds. The summed E-state index contributed by atoms with van der Waals surface area (Å²) in [6.45, 7) is 3.73. The van der Waals surface area contributed by atoms with Crippen molar-refractivity contribution in [2.45, 2.75) is 32.2 Å². The molecule has 1 atom stereocenters. The van der Waals surface area contributed by atoms with Crippen LogP contribution in [0.2, 0.25) is 0 Å². The molecule has 5 rings (SSSR count). The van der Waals surface area contributed by atoms with Crippen molar-refractivity contribution < 1.29 is 9.84 Å². The van der Waals surface area contributed by atoms with Crippen LogP contribution in [-0.2, 0) is 6.42 Å². The number of aromatic amines is 1. The van der Waals surface area contributed by atoms with Crippen LogP contribution >= 0.6 is 11.3 Å². The molecule has 0 bridgehead atoms. The zero-order valence-electron chi connectivity index (χ0n) is 17.9. The highest BCUT2D eigenvalue weighted by atomic mass is 32.1. The number of pyridine rings is 1. The first kappa shape index (κ1) is 20.6. The van der Waals surface area contributed by atoms with Gasteiger partial charge in [-0.3, -0.25) is 9.78 Å². The molecule has 6 nitrogen and oxygen atoms in total. The van der Waals surface area contributed by atoms with Gasteiger partial charge in [0.25, 0.3) is 0 Å². The second kappa shape index (κ2) is 8.67. The monoisotopic (exact) mass is 447 g/mol. The molecular formula is C25H25N3O3S. The van der Waals surface area contributed by atoms with Crippen molar-refractivity contribution in [1.29, 1.82) is 0 Å². The molecule has 7 heteroatoms. The van der Waals surface area contributed by atoms with Crippen molar-refractivity contribution in [3.05, 3.63) is 80.3 Å². The molecule has 4 aromatic rings. The van der Waals surface area contributed by atoms with E-state index in [2.05, 4.69) is 41.1 Å². The van der Waals surface area contributed by atoms with E-state index in [0.717, 1.165) is 53.4 Å². The highest BCUT2D eigenvalue weighted by molar-refractivity contribution is 7.09. The first-order valence-electron chi connectivity index (χ1n) is 10.8. The van der Waals surface area contributed by atoms with Crippen LogP contribution in [0.15, 0.2) is 59.4 Å². The Balaban J connectivity index is 1.25. The molecule has 0 saturated carbocycles. The van der Waals surface area contributed by atoms with Crippen LogP contribution in [0, 0.1) is 6.92 Å². The van der Waals surface area contributed by atoms with Gasteiger partial charge in [0.15, 0.2) is 0 Å². The summed E-state index contributed by atoms with van der Waals surface area (Å²) in [4.78, 5) is 21.4. The van der Waals surface area contributed by atoms with Crippen LogP contribution in [0.5, 0.6) is 11.6 Å². The Labute approximate surface area is 190 Å². The third kappa shape index (κ3) is 4.21. The molecule has 3 heterocycles. The van der Waals surface area contributed by atoms with Crippen LogP contribution in [0.3, 0.4) is 0 Å². The summed E-state index contributed by atoms with van der Waals surface area (Å²) >= 11 is 1.04. The number of nitrogens with zero attached hydrogens (tertiary/aromatic N) is 2. The van der Waals surface area contributed by atoms with E-state index in [1.54, 1.807) is 0 Å². The topological polar surface area (TPSA) is 78.5 Å². The van der Waals surface area contributed by atoms with Gasteiger partial charge in [-0.05, 0) is 55.2 Å². The molecule has 164 valence electrons. The maximum Gasteiger partial charge on any atom is 0.307 e. The lowest BCUT2D eigenvalue weighted by atomic mass is 10.1. The number of hydrogen-bond donors (Lipinski definition) is 2. The smallest absolute Gasteiger partial charge is 0.307 e. The van der Waals surface area contributed by atoms with Gasteiger partial charge >= 0.3 is 4.87 Å². The molecule has 0 aliphatic carbocycles. The van der Waals surface area contributed by atoms with Crippen LogP contribution in [0.4, 0.5) is 5.82 Å². The number of benzene rings is 2. The Bertz CT molecular complexity index is 1300. The fourth-order valence-electron chi connectivity index (χ4n) is 4.34. The van der Waals surface area contributed by atoms with E-state index in [0.29, 0.717) is 17.9 Å². The maximum absolute atomic E-state index is 11.4. The number of H-pyrrole nitrogens is 1. The SMILES string of the molecule is Cc1cc(N2CCC[C@@H]2COc2ccc(Cc3sc(=O)[nH]c3O)cc2)nc2ccccc12. The van der Waals surface area contributed by atoms with E-state index in [1.807, 2.05) is 30.3 Å². The molecular weight excluding hydrogens is 422 g/mol. The zero-order valence-corrected chi connectivity index (χ0v) is 18.7. The minimum atomic E-state index is -0.241. The highest BCUT2D eigenvalue weighted by Crippen LogP contribution is 2.29. The number of rotatable bonds is 6. The number of aryl methyl sites for hydroxylation is 1. The Kier molecular flexibility index (Phi) is 5.57.